The highest BCUT2D eigenvalue weighted by Gasteiger charge is 2.24. The molecule has 0 aliphatic carbocycles. The number of alkyl halides is 2. The molecule has 0 aliphatic heterocycles. The number of hydrogen-bond acceptors (Lipinski definition) is 4. The van der Waals surface area contributed by atoms with E-state index < -0.39 is 35.3 Å². The highest BCUT2D eigenvalue weighted by Crippen LogP contribution is 2.37. The molecule has 0 fully saturated rings. The molecule has 4 nitrogen and oxygen atoms in total. The molecule has 5 N–H and O–H groups in total. The van der Waals surface area contributed by atoms with Crippen LogP contribution in [0.5, 0.6) is 17.2 Å². The third-order valence-corrected chi connectivity index (χ3v) is 1.73. The lowest BCUT2D eigenvalue weighted by Crippen LogP contribution is -2.19. The van der Waals surface area contributed by atoms with Gasteiger partial charge >= 0.3 is 0 Å². The van der Waals surface area contributed by atoms with Gasteiger partial charge in [0.15, 0.2) is 0 Å². The molecule has 1 aromatic rings. The van der Waals surface area contributed by atoms with Crippen LogP contribution < -0.4 is 5.73 Å². The summed E-state index contributed by atoms with van der Waals surface area (Å²) >= 11 is 0. The Hall–Kier alpha value is -1.56. The molecule has 0 aliphatic rings. The minimum Gasteiger partial charge on any atom is -0.508 e. The summed E-state index contributed by atoms with van der Waals surface area (Å²) in [5, 5.41) is 27.2. The number of rotatable bonds is 2. The Bertz CT molecular complexity index is 320. The molecule has 0 saturated carbocycles. The third kappa shape index (κ3) is 1.85. The van der Waals surface area contributed by atoms with Gasteiger partial charge in [-0.25, -0.2) is 8.78 Å². The summed E-state index contributed by atoms with van der Waals surface area (Å²) in [5.74, 6) is -1.74. The van der Waals surface area contributed by atoms with E-state index in [2.05, 4.69) is 0 Å². The summed E-state index contributed by atoms with van der Waals surface area (Å²) in [6, 6.07) is -0.121. The summed E-state index contributed by atoms with van der Waals surface area (Å²) in [5.41, 5.74) is 4.56. The predicted octanol–water partition coefficient (Wildman–Crippen LogP) is 1.07. The van der Waals surface area contributed by atoms with E-state index in [1.807, 2.05) is 0 Å². The Morgan fingerprint density at radius 1 is 1.07 bits per heavy atom. The van der Waals surface area contributed by atoms with Crippen molar-refractivity contribution in [3.8, 4) is 17.2 Å². The van der Waals surface area contributed by atoms with Gasteiger partial charge in [0.2, 0.25) is 0 Å². The van der Waals surface area contributed by atoms with Crippen LogP contribution in [-0.2, 0) is 0 Å². The maximum atomic E-state index is 12.2. The molecule has 0 radical (unpaired) electrons. The second-order valence-electron chi connectivity index (χ2n) is 2.76. The normalized spacial score (nSPS) is 13.1. The topological polar surface area (TPSA) is 86.7 Å². The quantitative estimate of drug-likeness (QED) is 0.581. The van der Waals surface area contributed by atoms with Crippen molar-refractivity contribution in [3.63, 3.8) is 0 Å². The Morgan fingerprint density at radius 2 is 1.50 bits per heavy atom. The molecular formula is C8H9F2NO3. The van der Waals surface area contributed by atoms with Crippen LogP contribution in [-0.4, -0.2) is 21.7 Å². The fraction of sp³-hybridized carbons (Fsp3) is 0.250. The SMILES string of the molecule is N[C@H](c1c(O)cc(O)cc1O)C(F)F. The first-order chi connectivity index (χ1) is 6.43. The standard InChI is InChI=1S/C8H9F2NO3/c9-8(10)7(11)6-4(13)1-3(12)2-5(6)14/h1-2,7-8,12-14H,11H2/t7-/m1/s1. The van der Waals surface area contributed by atoms with E-state index in [0.717, 1.165) is 12.1 Å². The van der Waals surface area contributed by atoms with Gasteiger partial charge in [0.05, 0.1) is 11.6 Å². The van der Waals surface area contributed by atoms with Gasteiger partial charge in [-0.3, -0.25) is 0 Å². The van der Waals surface area contributed by atoms with Crippen LogP contribution in [0.3, 0.4) is 0 Å². The molecule has 14 heavy (non-hydrogen) atoms. The summed E-state index contributed by atoms with van der Waals surface area (Å²) < 4.78 is 24.3. The minimum absolute atomic E-state index is 0.426. The van der Waals surface area contributed by atoms with E-state index in [0.29, 0.717) is 0 Å². The van der Waals surface area contributed by atoms with E-state index in [-0.39, 0.29) is 0 Å². The fourth-order valence-electron chi connectivity index (χ4n) is 1.08. The Labute approximate surface area is 78.2 Å². The van der Waals surface area contributed by atoms with Crippen molar-refractivity contribution in [2.45, 2.75) is 12.5 Å². The van der Waals surface area contributed by atoms with Crippen LogP contribution in [0.1, 0.15) is 11.6 Å². The van der Waals surface area contributed by atoms with Crippen LogP contribution in [0.25, 0.3) is 0 Å². The lowest BCUT2D eigenvalue weighted by atomic mass is 10.1. The molecule has 6 heteroatoms. The molecule has 0 heterocycles. The maximum absolute atomic E-state index is 12.2. The number of hydrogen-bond donors (Lipinski definition) is 4. The molecule has 0 amide bonds. The van der Waals surface area contributed by atoms with Gasteiger partial charge in [-0.05, 0) is 0 Å². The maximum Gasteiger partial charge on any atom is 0.257 e. The first kappa shape index (κ1) is 10.5. The summed E-state index contributed by atoms with van der Waals surface area (Å²) in [7, 11) is 0. The van der Waals surface area contributed by atoms with E-state index >= 15 is 0 Å². The predicted molar refractivity (Wildman–Crippen MR) is 44.4 cm³/mol. The molecule has 1 rings (SSSR count). The molecule has 0 unspecified atom stereocenters. The Kier molecular flexibility index (Phi) is 2.76. The summed E-state index contributed by atoms with van der Waals surface area (Å²) in [6.45, 7) is 0. The highest BCUT2D eigenvalue weighted by molar-refractivity contribution is 5.50. The van der Waals surface area contributed by atoms with Crippen molar-refractivity contribution in [2.24, 2.45) is 5.73 Å². The number of nitrogens with two attached hydrogens (primary N) is 1. The average Bonchev–Trinajstić information content (AvgIpc) is 2.01. The molecule has 0 bridgehead atoms. The number of phenols is 3. The zero-order valence-corrected chi connectivity index (χ0v) is 6.98. The van der Waals surface area contributed by atoms with E-state index in [4.69, 9.17) is 21.1 Å². The molecular weight excluding hydrogens is 196 g/mol. The first-order valence-corrected chi connectivity index (χ1v) is 3.72. The second kappa shape index (κ2) is 3.67. The zero-order valence-electron chi connectivity index (χ0n) is 6.98. The second-order valence-corrected chi connectivity index (χ2v) is 2.76. The van der Waals surface area contributed by atoms with E-state index in [1.165, 1.54) is 0 Å². The van der Waals surface area contributed by atoms with Crippen LogP contribution in [0, 0.1) is 0 Å². The molecule has 0 saturated heterocycles. The molecule has 0 aromatic heterocycles. The number of aromatic hydroxyl groups is 3. The van der Waals surface area contributed by atoms with Gasteiger partial charge < -0.3 is 21.1 Å². The fourth-order valence-corrected chi connectivity index (χ4v) is 1.08. The number of halogens is 2. The van der Waals surface area contributed by atoms with Gasteiger partial charge in [0.25, 0.3) is 6.43 Å². The monoisotopic (exact) mass is 205 g/mol. The molecule has 78 valence electrons. The highest BCUT2D eigenvalue weighted by atomic mass is 19.3. The number of phenolic OH excluding ortho intramolecular Hbond substituents is 3. The van der Waals surface area contributed by atoms with Crippen LogP contribution in [0.4, 0.5) is 8.78 Å². The van der Waals surface area contributed by atoms with Crippen LogP contribution in [0.15, 0.2) is 12.1 Å². The summed E-state index contributed by atoms with van der Waals surface area (Å²) in [6.07, 6.45) is -2.91. The van der Waals surface area contributed by atoms with E-state index in [9.17, 15) is 8.78 Å². The smallest absolute Gasteiger partial charge is 0.257 e. The molecule has 0 spiro atoms. The van der Waals surface area contributed by atoms with Gasteiger partial charge in [0.1, 0.15) is 17.2 Å². The average molecular weight is 205 g/mol. The zero-order chi connectivity index (χ0) is 10.9. The largest absolute Gasteiger partial charge is 0.508 e. The lowest BCUT2D eigenvalue weighted by Gasteiger charge is -2.14. The van der Waals surface area contributed by atoms with Gasteiger partial charge in [-0.15, -0.1) is 0 Å². The van der Waals surface area contributed by atoms with Crippen molar-refractivity contribution in [1.29, 1.82) is 0 Å². The van der Waals surface area contributed by atoms with Crippen molar-refractivity contribution >= 4 is 0 Å². The van der Waals surface area contributed by atoms with Crippen LogP contribution >= 0.6 is 0 Å². The van der Waals surface area contributed by atoms with Crippen LogP contribution in [0.2, 0.25) is 0 Å². The third-order valence-electron chi connectivity index (χ3n) is 1.73. The van der Waals surface area contributed by atoms with Crippen molar-refractivity contribution < 1.29 is 24.1 Å². The first-order valence-electron chi connectivity index (χ1n) is 3.72. The molecule has 1 aromatic carbocycles. The van der Waals surface area contributed by atoms with Gasteiger partial charge in [0, 0.05) is 12.1 Å². The van der Waals surface area contributed by atoms with E-state index in [1.54, 1.807) is 0 Å². The van der Waals surface area contributed by atoms with Gasteiger partial charge in [-0.2, -0.15) is 0 Å². The summed E-state index contributed by atoms with van der Waals surface area (Å²) in [4.78, 5) is 0. The number of benzene rings is 1. The molecule has 1 atom stereocenters. The van der Waals surface area contributed by atoms with Crippen molar-refractivity contribution in [3.05, 3.63) is 17.7 Å². The minimum atomic E-state index is -2.91. The van der Waals surface area contributed by atoms with Crippen molar-refractivity contribution in [2.75, 3.05) is 0 Å². The van der Waals surface area contributed by atoms with Gasteiger partial charge in [-0.1, -0.05) is 0 Å². The van der Waals surface area contributed by atoms with Crippen molar-refractivity contribution in [1.82, 2.24) is 0 Å². The lowest BCUT2D eigenvalue weighted by molar-refractivity contribution is 0.114. The Balaban J connectivity index is 3.20. The Morgan fingerprint density at radius 3 is 1.86 bits per heavy atom.